The monoisotopic (exact) mass is 1270 g/mol. The van der Waals surface area contributed by atoms with Gasteiger partial charge in [-0.15, -0.1) is 11.3 Å². The van der Waals surface area contributed by atoms with Crippen molar-refractivity contribution < 1.29 is 93.9 Å². The predicted molar refractivity (Wildman–Crippen MR) is 318 cm³/mol. The molecule has 2 aliphatic carbocycles. The third-order valence-corrected chi connectivity index (χ3v) is 15.5. The van der Waals surface area contributed by atoms with Gasteiger partial charge in [0, 0.05) is 69.5 Å². The molecule has 0 radical (unpaired) electrons. The maximum absolute atomic E-state index is 13.2. The summed E-state index contributed by atoms with van der Waals surface area (Å²) in [5.41, 5.74) is 0.735. The fourth-order valence-corrected chi connectivity index (χ4v) is 10.4. The van der Waals surface area contributed by atoms with Crippen molar-refractivity contribution in [2.24, 2.45) is 17.8 Å². The summed E-state index contributed by atoms with van der Waals surface area (Å²) in [7, 11) is 0.0483. The summed E-state index contributed by atoms with van der Waals surface area (Å²) < 4.78 is 88.8. The standard InChI is InChI=1S/C57H88N8O20S2/c1-63(76-3)52(67)16-14-48(61-51(66)12-8-17-58-53(68)46-40-43(13-15-50(46)75-2)60-55(70)49-41-65-21-38-86-56(65)62-49)54(69)59-18-22-77-24-26-79-28-30-81-32-34-83-36-37-84-35-33-82-31-29-80-27-25-78-23-20-64(19-9-39-87(72,73)74)57(71)85-42-47-44-10-6-4-5-7-11-45(44)47/h4-5,13,15,21,38,40-41,44-45,47-48H,6-12,14,16-20,22-37,39,42H2,1-3H3,(H,58,68)(H,59,69)(H,60,70)(H,61,66)(H,72,73,74)/b5-4-/t44-,45+,47?,48-/m0/s1. The summed E-state index contributed by atoms with van der Waals surface area (Å²) in [6.45, 7) is 6.22. The van der Waals surface area contributed by atoms with Gasteiger partial charge in [-0.2, -0.15) is 8.42 Å². The number of hydrogen-bond donors (Lipinski definition) is 5. The Hall–Kier alpha value is -5.90. The van der Waals surface area contributed by atoms with Gasteiger partial charge >= 0.3 is 6.09 Å². The van der Waals surface area contributed by atoms with E-state index in [1.807, 2.05) is 5.38 Å². The van der Waals surface area contributed by atoms with Crippen LogP contribution in [0.15, 0.2) is 48.1 Å². The molecule has 2 heterocycles. The number of nitrogens with zero attached hydrogens (tertiary/aromatic N) is 4. The van der Waals surface area contributed by atoms with E-state index in [9.17, 15) is 37.2 Å². The summed E-state index contributed by atoms with van der Waals surface area (Å²) in [6, 6.07) is 3.60. The van der Waals surface area contributed by atoms with Crippen molar-refractivity contribution in [3.05, 3.63) is 59.4 Å². The third-order valence-electron chi connectivity index (χ3n) is 14.0. The van der Waals surface area contributed by atoms with Gasteiger partial charge in [0.1, 0.15) is 17.5 Å². The molecule has 6 amide bonds. The molecule has 0 bridgehead atoms. The highest BCUT2D eigenvalue weighted by molar-refractivity contribution is 7.85. The Morgan fingerprint density at radius 3 is 1.89 bits per heavy atom. The highest BCUT2D eigenvalue weighted by Gasteiger charge is 2.49. The van der Waals surface area contributed by atoms with E-state index in [2.05, 4.69) is 38.4 Å². The molecule has 30 heteroatoms. The number of anilines is 1. The van der Waals surface area contributed by atoms with Crippen molar-refractivity contribution in [1.82, 2.24) is 35.3 Å². The van der Waals surface area contributed by atoms with Crippen LogP contribution in [0.3, 0.4) is 0 Å². The summed E-state index contributed by atoms with van der Waals surface area (Å²) >= 11 is 1.39. The van der Waals surface area contributed by atoms with Gasteiger partial charge < -0.3 is 73.5 Å². The quantitative estimate of drug-likeness (QED) is 0.0234. The normalized spacial score (nSPS) is 16.2. The van der Waals surface area contributed by atoms with Gasteiger partial charge in [0.15, 0.2) is 4.96 Å². The first-order valence-electron chi connectivity index (χ1n) is 29.4. The number of ether oxygens (including phenoxy) is 10. The number of benzene rings is 1. The van der Waals surface area contributed by atoms with Crippen LogP contribution >= 0.6 is 11.3 Å². The Morgan fingerprint density at radius 2 is 1.32 bits per heavy atom. The Labute approximate surface area is 512 Å². The molecule has 87 heavy (non-hydrogen) atoms. The van der Waals surface area contributed by atoms with Crippen LogP contribution in [0.5, 0.6) is 5.75 Å². The minimum atomic E-state index is -4.15. The van der Waals surface area contributed by atoms with E-state index in [-0.39, 0.29) is 101 Å². The molecule has 488 valence electrons. The van der Waals surface area contributed by atoms with Crippen molar-refractivity contribution in [2.75, 3.05) is 171 Å². The van der Waals surface area contributed by atoms with Crippen LogP contribution in [0.25, 0.3) is 4.96 Å². The number of nitrogens with one attached hydrogen (secondary N) is 4. The van der Waals surface area contributed by atoms with Crippen LogP contribution in [-0.2, 0) is 72.0 Å². The van der Waals surface area contributed by atoms with Gasteiger partial charge in [-0.05, 0) is 80.9 Å². The first-order valence-corrected chi connectivity index (χ1v) is 31.9. The van der Waals surface area contributed by atoms with Crippen molar-refractivity contribution in [3.8, 4) is 5.75 Å². The number of hydrogen-bond acceptors (Lipinski definition) is 21. The number of fused-ring (bicyclic) bond motifs is 2. The zero-order valence-electron chi connectivity index (χ0n) is 50.2. The molecule has 1 aromatic carbocycles. The van der Waals surface area contributed by atoms with Crippen LogP contribution < -0.4 is 26.0 Å². The van der Waals surface area contributed by atoms with Gasteiger partial charge in [0.25, 0.3) is 21.9 Å². The molecule has 28 nitrogen and oxygen atoms in total. The molecule has 5 rings (SSSR count). The van der Waals surface area contributed by atoms with Crippen molar-refractivity contribution in [1.29, 1.82) is 0 Å². The van der Waals surface area contributed by atoms with Crippen molar-refractivity contribution in [2.45, 2.75) is 63.8 Å². The lowest BCUT2D eigenvalue weighted by Crippen LogP contribution is -2.48. The van der Waals surface area contributed by atoms with Crippen LogP contribution in [0.2, 0.25) is 0 Å². The van der Waals surface area contributed by atoms with Crippen LogP contribution in [0.1, 0.15) is 78.6 Å². The van der Waals surface area contributed by atoms with Crippen molar-refractivity contribution in [3.63, 3.8) is 0 Å². The number of amides is 6. The van der Waals surface area contributed by atoms with E-state index in [0.29, 0.717) is 121 Å². The highest BCUT2D eigenvalue weighted by Crippen LogP contribution is 2.52. The maximum Gasteiger partial charge on any atom is 0.409 e. The van der Waals surface area contributed by atoms with Crippen LogP contribution in [0.4, 0.5) is 10.5 Å². The molecule has 1 saturated carbocycles. The first kappa shape index (κ1) is 71.8. The number of hydroxylamine groups is 2. The molecule has 2 aromatic heterocycles. The molecular weight excluding hydrogens is 1180 g/mol. The van der Waals surface area contributed by atoms with Crippen LogP contribution in [0, 0.1) is 17.8 Å². The molecule has 3 aromatic rings. The molecule has 0 saturated heterocycles. The Balaban J connectivity index is 0.802. The second kappa shape index (κ2) is 41.3. The zero-order valence-corrected chi connectivity index (χ0v) is 51.8. The van der Waals surface area contributed by atoms with Gasteiger partial charge in [-0.1, -0.05) is 12.2 Å². The second-order valence-electron chi connectivity index (χ2n) is 20.2. The molecule has 5 N–H and O–H groups in total. The number of carbonyl (C=O) groups excluding carboxylic acids is 6. The van der Waals surface area contributed by atoms with Gasteiger partial charge in [0.2, 0.25) is 17.7 Å². The molecule has 0 spiro atoms. The fourth-order valence-electron chi connectivity index (χ4n) is 9.22. The van der Waals surface area contributed by atoms with E-state index in [1.165, 1.54) is 43.6 Å². The van der Waals surface area contributed by atoms with Crippen LogP contribution in [-0.4, -0.2) is 240 Å². The topological polar surface area (TPSA) is 330 Å². The average molecular weight is 1270 g/mol. The van der Waals surface area contributed by atoms with E-state index in [4.69, 9.17) is 56.8 Å². The van der Waals surface area contributed by atoms with Crippen molar-refractivity contribution >= 4 is 67.7 Å². The number of methoxy groups -OCH3 is 1. The van der Waals surface area contributed by atoms with E-state index in [1.54, 1.807) is 28.9 Å². The minimum Gasteiger partial charge on any atom is -0.496 e. The van der Waals surface area contributed by atoms with Gasteiger partial charge in [-0.25, -0.2) is 14.8 Å². The minimum absolute atomic E-state index is 0.00243. The molecule has 1 unspecified atom stereocenters. The Kier molecular flexibility index (Phi) is 34.1. The predicted octanol–water partition coefficient (Wildman–Crippen LogP) is 3.41. The number of aromatic nitrogens is 2. The first-order chi connectivity index (χ1) is 42.2. The second-order valence-corrected chi connectivity index (χ2v) is 22.6. The Morgan fingerprint density at radius 1 is 0.736 bits per heavy atom. The highest BCUT2D eigenvalue weighted by atomic mass is 32.2. The largest absolute Gasteiger partial charge is 0.496 e. The average Bonchev–Trinajstić information content (AvgIpc) is 1.75. The smallest absolute Gasteiger partial charge is 0.409 e. The number of carbonyl (C=O) groups is 6. The van der Waals surface area contributed by atoms with E-state index >= 15 is 0 Å². The molecule has 1 fully saturated rings. The number of rotatable bonds is 47. The number of imidazole rings is 1. The zero-order chi connectivity index (χ0) is 62.5. The summed E-state index contributed by atoms with van der Waals surface area (Å²) in [5.74, 6) is -0.940. The van der Waals surface area contributed by atoms with Gasteiger partial charge in [0.05, 0.1) is 138 Å². The summed E-state index contributed by atoms with van der Waals surface area (Å²) in [6.07, 6.45) is 11.8. The lowest BCUT2D eigenvalue weighted by atomic mass is 10.1. The lowest BCUT2D eigenvalue weighted by Gasteiger charge is -2.22. The van der Waals surface area contributed by atoms with Gasteiger partial charge in [-0.3, -0.25) is 37.8 Å². The third kappa shape index (κ3) is 28.9. The lowest BCUT2D eigenvalue weighted by molar-refractivity contribution is -0.168. The molecule has 4 atom stereocenters. The molecular formula is C57H88N8O20S2. The Bertz CT molecular complexity index is 2630. The molecule has 2 aliphatic rings. The fraction of sp³-hybridized carbons (Fsp3) is 0.667. The molecule has 0 aliphatic heterocycles. The SMILES string of the molecule is COc1ccc(NC(=O)c2cn3ccsc3n2)cc1C(=O)NCCCC(=O)N[C@@H](CCC(=O)N(C)OC)C(=O)NCCOCCOCCOCCOCCOCCOCCOCCOCCN(CCCS(=O)(=O)O)C(=O)OCC1[C@H]2CC/C=C\CC[C@@H]12. The maximum atomic E-state index is 13.2. The summed E-state index contributed by atoms with van der Waals surface area (Å²) in [4.78, 5) is 88.9. The summed E-state index contributed by atoms with van der Waals surface area (Å²) in [5, 5.41) is 13.8. The number of thiazole rings is 1. The van der Waals surface area contributed by atoms with E-state index < -0.39 is 51.6 Å². The number of allylic oxidation sites excluding steroid dienone is 2. The van der Waals surface area contributed by atoms with E-state index in [0.717, 1.165) is 30.7 Å².